The molecule has 0 bridgehead atoms. The van der Waals surface area contributed by atoms with Crippen LogP contribution in [0, 0.1) is 5.92 Å². The Labute approximate surface area is 133 Å². The summed E-state index contributed by atoms with van der Waals surface area (Å²) < 4.78 is 4.01. The van der Waals surface area contributed by atoms with Gasteiger partial charge in [0.1, 0.15) is 0 Å². The molecular weight excluding hydrogens is 286 g/mol. The zero-order valence-electron chi connectivity index (χ0n) is 13.1. The van der Waals surface area contributed by atoms with E-state index in [2.05, 4.69) is 48.7 Å². The molecule has 1 N–H and O–H groups in total. The molecule has 0 amide bonds. The van der Waals surface area contributed by atoms with Crippen molar-refractivity contribution in [2.75, 3.05) is 0 Å². The first-order chi connectivity index (χ1) is 9.67. The third-order valence-corrected chi connectivity index (χ3v) is 3.04. The highest BCUT2D eigenvalue weighted by Gasteiger charge is 2.02. The fourth-order valence-electron chi connectivity index (χ4n) is 2.17. The van der Waals surface area contributed by atoms with Gasteiger partial charge in [0.05, 0.1) is 12.4 Å². The van der Waals surface area contributed by atoms with Crippen molar-refractivity contribution in [3.8, 4) is 0 Å². The Balaban J connectivity index is 0.00000220. The van der Waals surface area contributed by atoms with Gasteiger partial charge in [-0.2, -0.15) is 10.2 Å². The predicted molar refractivity (Wildman–Crippen MR) is 87.4 cm³/mol. The van der Waals surface area contributed by atoms with Gasteiger partial charge in [0, 0.05) is 49.7 Å². The summed E-state index contributed by atoms with van der Waals surface area (Å²) in [5, 5.41) is 12.1. The van der Waals surface area contributed by atoms with Gasteiger partial charge in [-0.3, -0.25) is 9.36 Å². The third-order valence-electron chi connectivity index (χ3n) is 3.04. The number of rotatable bonds is 8. The van der Waals surface area contributed by atoms with Gasteiger partial charge in [0.2, 0.25) is 0 Å². The zero-order valence-corrected chi connectivity index (χ0v) is 13.9. The molecule has 21 heavy (non-hydrogen) atoms. The van der Waals surface area contributed by atoms with Gasteiger partial charge in [-0.15, -0.1) is 12.4 Å². The number of aromatic nitrogens is 4. The van der Waals surface area contributed by atoms with E-state index in [1.807, 2.05) is 21.8 Å². The summed E-state index contributed by atoms with van der Waals surface area (Å²) in [4.78, 5) is 0. The predicted octanol–water partition coefficient (Wildman–Crippen LogP) is 2.86. The Hall–Kier alpha value is -1.33. The molecule has 0 saturated carbocycles. The van der Waals surface area contributed by atoms with Crippen LogP contribution >= 0.6 is 12.4 Å². The van der Waals surface area contributed by atoms with E-state index in [-0.39, 0.29) is 12.4 Å². The van der Waals surface area contributed by atoms with Crippen LogP contribution in [0.25, 0.3) is 0 Å². The van der Waals surface area contributed by atoms with Gasteiger partial charge in [-0.25, -0.2) is 0 Å². The highest BCUT2D eigenvalue weighted by atomic mass is 35.5. The summed E-state index contributed by atoms with van der Waals surface area (Å²) in [6.45, 7) is 10.2. The van der Waals surface area contributed by atoms with Crippen molar-refractivity contribution in [3.63, 3.8) is 0 Å². The smallest absolute Gasteiger partial charge is 0.0534 e. The molecule has 0 fully saturated rings. The van der Waals surface area contributed by atoms with Crippen molar-refractivity contribution >= 4 is 12.4 Å². The normalized spacial score (nSPS) is 10.9. The summed E-state index contributed by atoms with van der Waals surface area (Å²) >= 11 is 0. The lowest BCUT2D eigenvalue weighted by Crippen LogP contribution is -2.12. The minimum atomic E-state index is 0. The molecule has 0 spiro atoms. The maximum atomic E-state index is 4.37. The molecule has 6 heteroatoms. The number of nitrogens with zero attached hydrogens (tertiary/aromatic N) is 4. The van der Waals surface area contributed by atoms with Crippen molar-refractivity contribution in [2.24, 2.45) is 5.92 Å². The number of halogens is 1. The fraction of sp³-hybridized carbons (Fsp3) is 0.600. The first kappa shape index (κ1) is 17.7. The molecular formula is C15H26ClN5. The van der Waals surface area contributed by atoms with Crippen LogP contribution in [0.4, 0.5) is 0 Å². The molecule has 0 aromatic carbocycles. The summed E-state index contributed by atoms with van der Waals surface area (Å²) in [6, 6.07) is 0. The van der Waals surface area contributed by atoms with E-state index < -0.39 is 0 Å². The first-order valence-electron chi connectivity index (χ1n) is 7.40. The molecule has 0 atom stereocenters. The van der Waals surface area contributed by atoms with E-state index in [4.69, 9.17) is 0 Å². The van der Waals surface area contributed by atoms with Crippen LogP contribution in [0.2, 0.25) is 0 Å². The second-order valence-corrected chi connectivity index (χ2v) is 5.68. The topological polar surface area (TPSA) is 47.7 Å². The maximum Gasteiger partial charge on any atom is 0.0534 e. The molecule has 0 aliphatic rings. The highest BCUT2D eigenvalue weighted by molar-refractivity contribution is 5.85. The fourth-order valence-corrected chi connectivity index (χ4v) is 2.17. The Morgan fingerprint density at radius 2 is 1.62 bits per heavy atom. The van der Waals surface area contributed by atoms with E-state index in [1.165, 1.54) is 11.1 Å². The Bertz CT molecular complexity index is 518. The van der Waals surface area contributed by atoms with Crippen LogP contribution in [0.15, 0.2) is 24.8 Å². The molecule has 2 aromatic rings. The number of hydrogen-bond donors (Lipinski definition) is 1. The van der Waals surface area contributed by atoms with Gasteiger partial charge in [-0.05, 0) is 12.3 Å². The molecule has 118 valence electrons. The van der Waals surface area contributed by atoms with Crippen LogP contribution in [-0.4, -0.2) is 19.6 Å². The summed E-state index contributed by atoms with van der Waals surface area (Å²) in [5.41, 5.74) is 2.46. The van der Waals surface area contributed by atoms with E-state index in [0.717, 1.165) is 32.6 Å². The summed E-state index contributed by atoms with van der Waals surface area (Å²) in [5.74, 6) is 0.625. The van der Waals surface area contributed by atoms with Crippen molar-refractivity contribution in [3.05, 3.63) is 35.9 Å². The van der Waals surface area contributed by atoms with Crippen LogP contribution < -0.4 is 5.32 Å². The number of hydrogen-bond acceptors (Lipinski definition) is 3. The molecule has 0 radical (unpaired) electrons. The molecule has 0 aliphatic carbocycles. The third kappa shape index (κ3) is 5.89. The van der Waals surface area contributed by atoms with Crippen LogP contribution in [-0.2, 0) is 26.2 Å². The standard InChI is InChI=1S/C15H25N5.ClH/c1-4-5-19-11-14(8-17-19)6-16-7-15-9-18-20(12-15)10-13(2)3;/h8-9,11-13,16H,4-7,10H2,1-3H3;1H. The Kier molecular flexibility index (Phi) is 7.47. The minimum Gasteiger partial charge on any atom is -0.308 e. The lowest BCUT2D eigenvalue weighted by molar-refractivity contribution is 0.482. The van der Waals surface area contributed by atoms with Gasteiger partial charge in [0.25, 0.3) is 0 Å². The second kappa shape index (κ2) is 8.85. The monoisotopic (exact) mass is 311 g/mol. The Morgan fingerprint density at radius 3 is 2.19 bits per heavy atom. The van der Waals surface area contributed by atoms with Crippen molar-refractivity contribution in [2.45, 2.75) is 53.4 Å². The van der Waals surface area contributed by atoms with Gasteiger partial charge >= 0.3 is 0 Å². The molecule has 5 nitrogen and oxygen atoms in total. The zero-order chi connectivity index (χ0) is 14.4. The SMILES string of the molecule is CCCn1cc(CNCc2cnn(CC(C)C)c2)cn1.Cl. The molecule has 2 heterocycles. The van der Waals surface area contributed by atoms with Crippen LogP contribution in [0.3, 0.4) is 0 Å². The molecule has 0 aliphatic heterocycles. The second-order valence-electron chi connectivity index (χ2n) is 5.68. The van der Waals surface area contributed by atoms with E-state index in [0.29, 0.717) is 5.92 Å². The van der Waals surface area contributed by atoms with E-state index >= 15 is 0 Å². The Morgan fingerprint density at radius 1 is 1.05 bits per heavy atom. The molecule has 0 saturated heterocycles. The lowest BCUT2D eigenvalue weighted by Gasteiger charge is -2.03. The number of aryl methyl sites for hydroxylation is 1. The van der Waals surface area contributed by atoms with Crippen LogP contribution in [0.5, 0.6) is 0 Å². The van der Waals surface area contributed by atoms with Crippen molar-refractivity contribution in [1.29, 1.82) is 0 Å². The molecule has 2 rings (SSSR count). The molecule has 0 unspecified atom stereocenters. The molecule has 2 aromatic heterocycles. The van der Waals surface area contributed by atoms with Gasteiger partial charge < -0.3 is 5.32 Å². The highest BCUT2D eigenvalue weighted by Crippen LogP contribution is 2.03. The van der Waals surface area contributed by atoms with E-state index in [1.54, 1.807) is 0 Å². The maximum absolute atomic E-state index is 4.37. The first-order valence-corrected chi connectivity index (χ1v) is 7.40. The van der Waals surface area contributed by atoms with Crippen LogP contribution in [0.1, 0.15) is 38.3 Å². The van der Waals surface area contributed by atoms with E-state index in [9.17, 15) is 0 Å². The minimum absolute atomic E-state index is 0. The van der Waals surface area contributed by atoms with Crippen molar-refractivity contribution < 1.29 is 0 Å². The average Bonchev–Trinajstić information content (AvgIpc) is 2.99. The summed E-state index contributed by atoms with van der Waals surface area (Å²) in [6.07, 6.45) is 9.22. The number of nitrogens with one attached hydrogen (secondary N) is 1. The summed E-state index contributed by atoms with van der Waals surface area (Å²) in [7, 11) is 0. The quantitative estimate of drug-likeness (QED) is 0.815. The van der Waals surface area contributed by atoms with Gasteiger partial charge in [-0.1, -0.05) is 20.8 Å². The van der Waals surface area contributed by atoms with Crippen molar-refractivity contribution in [1.82, 2.24) is 24.9 Å². The average molecular weight is 312 g/mol. The van der Waals surface area contributed by atoms with Gasteiger partial charge in [0.15, 0.2) is 0 Å². The largest absolute Gasteiger partial charge is 0.308 e. The lowest BCUT2D eigenvalue weighted by atomic mass is 10.2.